The zero-order chi connectivity index (χ0) is 22.7. The van der Waals surface area contributed by atoms with E-state index in [1.807, 2.05) is 30.3 Å². The standard InChI is InChI=1S/C24H29N3O4S/c1-17-6-5-13-27(16-17)24(29)22(14-18-7-3-2-4-8-18)26-32(30,31)20-10-11-21-19(15-20)9-12-23(28)25-21/h2-4,7-8,10-11,15,17,22,26H,5-6,9,12-14,16H2,1H3,(H,25,28)/t17-,22+/m1/s1. The van der Waals surface area contributed by atoms with E-state index >= 15 is 0 Å². The molecule has 2 amide bonds. The zero-order valence-corrected chi connectivity index (χ0v) is 19.0. The molecule has 170 valence electrons. The number of likely N-dealkylation sites (tertiary alicyclic amines) is 1. The van der Waals surface area contributed by atoms with Gasteiger partial charge in [-0.05, 0) is 60.9 Å². The van der Waals surface area contributed by atoms with Crippen molar-refractivity contribution in [2.24, 2.45) is 5.92 Å². The van der Waals surface area contributed by atoms with Gasteiger partial charge in [-0.15, -0.1) is 0 Å². The number of piperidine rings is 1. The molecule has 0 bridgehead atoms. The minimum absolute atomic E-state index is 0.0736. The fraction of sp³-hybridized carbons (Fsp3) is 0.417. The Balaban J connectivity index is 1.59. The van der Waals surface area contributed by atoms with Crippen LogP contribution in [0.15, 0.2) is 53.4 Å². The summed E-state index contributed by atoms with van der Waals surface area (Å²) in [5, 5.41) is 2.76. The van der Waals surface area contributed by atoms with Gasteiger partial charge in [0, 0.05) is 25.2 Å². The number of anilines is 1. The number of amides is 2. The predicted molar refractivity (Wildman–Crippen MR) is 123 cm³/mol. The molecule has 2 N–H and O–H groups in total. The predicted octanol–water partition coefficient (Wildman–Crippen LogP) is 2.72. The second kappa shape index (κ2) is 9.42. The molecule has 0 saturated carbocycles. The first kappa shape index (κ1) is 22.5. The fourth-order valence-corrected chi connectivity index (χ4v) is 5.66. The highest BCUT2D eigenvalue weighted by Gasteiger charge is 2.32. The molecule has 0 unspecified atom stereocenters. The van der Waals surface area contributed by atoms with Gasteiger partial charge in [-0.3, -0.25) is 9.59 Å². The van der Waals surface area contributed by atoms with E-state index in [0.717, 1.165) is 24.0 Å². The maximum absolute atomic E-state index is 13.4. The zero-order valence-electron chi connectivity index (χ0n) is 18.2. The lowest BCUT2D eigenvalue weighted by Gasteiger charge is -2.34. The van der Waals surface area contributed by atoms with Crippen molar-refractivity contribution in [3.8, 4) is 0 Å². The minimum atomic E-state index is -3.93. The van der Waals surface area contributed by atoms with Gasteiger partial charge < -0.3 is 10.2 Å². The van der Waals surface area contributed by atoms with Gasteiger partial charge >= 0.3 is 0 Å². The number of nitrogens with zero attached hydrogens (tertiary/aromatic N) is 1. The topological polar surface area (TPSA) is 95.6 Å². The van der Waals surface area contributed by atoms with Crippen LogP contribution in [0, 0.1) is 5.92 Å². The molecule has 2 aromatic rings. The number of carbonyl (C=O) groups excluding carboxylic acids is 2. The van der Waals surface area contributed by atoms with Crippen LogP contribution in [0.1, 0.15) is 37.3 Å². The van der Waals surface area contributed by atoms with Gasteiger partial charge in [0.15, 0.2) is 0 Å². The third-order valence-corrected chi connectivity index (χ3v) is 7.60. The van der Waals surface area contributed by atoms with Crippen LogP contribution in [0.4, 0.5) is 5.69 Å². The van der Waals surface area contributed by atoms with Crippen molar-refractivity contribution >= 4 is 27.5 Å². The van der Waals surface area contributed by atoms with Gasteiger partial charge in [-0.25, -0.2) is 8.42 Å². The van der Waals surface area contributed by atoms with Crippen LogP contribution in [-0.2, 0) is 32.5 Å². The molecule has 2 aliphatic heterocycles. The summed E-state index contributed by atoms with van der Waals surface area (Å²) in [4.78, 5) is 26.9. The van der Waals surface area contributed by atoms with Gasteiger partial charge in [0.1, 0.15) is 6.04 Å². The largest absolute Gasteiger partial charge is 0.341 e. The summed E-state index contributed by atoms with van der Waals surface area (Å²) >= 11 is 0. The molecule has 2 heterocycles. The molecule has 32 heavy (non-hydrogen) atoms. The molecule has 1 saturated heterocycles. The van der Waals surface area contributed by atoms with E-state index in [0.29, 0.717) is 37.5 Å². The number of hydrogen-bond donors (Lipinski definition) is 2. The number of fused-ring (bicyclic) bond motifs is 1. The maximum atomic E-state index is 13.4. The summed E-state index contributed by atoms with van der Waals surface area (Å²) < 4.78 is 29.2. The van der Waals surface area contributed by atoms with E-state index < -0.39 is 16.1 Å². The average molecular weight is 456 g/mol. The molecule has 8 heteroatoms. The number of carbonyl (C=O) groups is 2. The minimum Gasteiger partial charge on any atom is -0.341 e. The fourth-order valence-electron chi connectivity index (χ4n) is 4.42. The lowest BCUT2D eigenvalue weighted by atomic mass is 9.98. The first-order valence-electron chi connectivity index (χ1n) is 11.1. The number of nitrogens with one attached hydrogen (secondary N) is 2. The highest BCUT2D eigenvalue weighted by Crippen LogP contribution is 2.26. The Morgan fingerprint density at radius 2 is 1.97 bits per heavy atom. The van der Waals surface area contributed by atoms with E-state index in [-0.39, 0.29) is 23.1 Å². The van der Waals surface area contributed by atoms with Crippen molar-refractivity contribution in [2.75, 3.05) is 18.4 Å². The molecule has 0 aliphatic carbocycles. The molecule has 0 radical (unpaired) electrons. The lowest BCUT2D eigenvalue weighted by Crippen LogP contribution is -2.52. The van der Waals surface area contributed by atoms with Crippen molar-refractivity contribution in [2.45, 2.75) is 50.0 Å². The van der Waals surface area contributed by atoms with E-state index in [4.69, 9.17) is 0 Å². The van der Waals surface area contributed by atoms with Crippen LogP contribution in [0.25, 0.3) is 0 Å². The third kappa shape index (κ3) is 5.19. The summed E-state index contributed by atoms with van der Waals surface area (Å²) in [7, 11) is -3.93. The second-order valence-corrected chi connectivity index (χ2v) is 10.5. The monoisotopic (exact) mass is 455 g/mol. The molecule has 1 fully saturated rings. The SMILES string of the molecule is C[C@@H]1CCCN(C(=O)[C@H](Cc2ccccc2)NS(=O)(=O)c2ccc3c(c2)CCC(=O)N3)C1. The van der Waals surface area contributed by atoms with E-state index in [2.05, 4.69) is 17.0 Å². The van der Waals surface area contributed by atoms with Gasteiger partial charge in [0.2, 0.25) is 21.8 Å². The molecular formula is C24H29N3O4S. The Labute approximate surface area is 189 Å². The first-order chi connectivity index (χ1) is 15.3. The summed E-state index contributed by atoms with van der Waals surface area (Å²) in [6.07, 6.45) is 3.10. The van der Waals surface area contributed by atoms with Gasteiger partial charge in [-0.2, -0.15) is 4.72 Å². The van der Waals surface area contributed by atoms with Crippen LogP contribution in [-0.4, -0.2) is 44.3 Å². The van der Waals surface area contributed by atoms with Crippen LogP contribution < -0.4 is 10.0 Å². The van der Waals surface area contributed by atoms with E-state index in [9.17, 15) is 18.0 Å². The quantitative estimate of drug-likeness (QED) is 0.700. The first-order valence-corrected chi connectivity index (χ1v) is 12.6. The number of aryl methyl sites for hydroxylation is 1. The normalized spacial score (nSPS) is 19.7. The molecule has 0 spiro atoms. The smallest absolute Gasteiger partial charge is 0.241 e. The third-order valence-electron chi connectivity index (χ3n) is 6.13. The number of hydrogen-bond acceptors (Lipinski definition) is 4. The average Bonchev–Trinajstić information content (AvgIpc) is 2.78. The van der Waals surface area contributed by atoms with Crippen molar-refractivity contribution in [1.82, 2.24) is 9.62 Å². The Kier molecular flexibility index (Phi) is 6.62. The van der Waals surface area contributed by atoms with Gasteiger partial charge in [0.25, 0.3) is 0 Å². The van der Waals surface area contributed by atoms with Crippen molar-refractivity contribution in [3.05, 3.63) is 59.7 Å². The molecule has 2 aliphatic rings. The molecular weight excluding hydrogens is 426 g/mol. The number of benzene rings is 2. The summed E-state index contributed by atoms with van der Waals surface area (Å²) in [5.74, 6) is 0.141. The summed E-state index contributed by atoms with van der Waals surface area (Å²) in [5.41, 5.74) is 2.31. The van der Waals surface area contributed by atoms with E-state index in [1.54, 1.807) is 17.0 Å². The lowest BCUT2D eigenvalue weighted by molar-refractivity contribution is -0.134. The highest BCUT2D eigenvalue weighted by molar-refractivity contribution is 7.89. The van der Waals surface area contributed by atoms with Crippen molar-refractivity contribution < 1.29 is 18.0 Å². The van der Waals surface area contributed by atoms with Gasteiger partial charge in [-0.1, -0.05) is 37.3 Å². The highest BCUT2D eigenvalue weighted by atomic mass is 32.2. The Morgan fingerprint density at radius 3 is 2.72 bits per heavy atom. The number of sulfonamides is 1. The van der Waals surface area contributed by atoms with Crippen LogP contribution in [0.3, 0.4) is 0 Å². The Hall–Kier alpha value is -2.71. The molecule has 2 aromatic carbocycles. The van der Waals surface area contributed by atoms with Crippen LogP contribution in [0.5, 0.6) is 0 Å². The van der Waals surface area contributed by atoms with Crippen LogP contribution >= 0.6 is 0 Å². The van der Waals surface area contributed by atoms with Gasteiger partial charge in [0.05, 0.1) is 4.90 Å². The molecule has 2 atom stereocenters. The van der Waals surface area contributed by atoms with Crippen molar-refractivity contribution in [3.63, 3.8) is 0 Å². The molecule has 0 aromatic heterocycles. The van der Waals surface area contributed by atoms with Crippen molar-refractivity contribution in [1.29, 1.82) is 0 Å². The Bertz CT molecular complexity index is 1100. The maximum Gasteiger partial charge on any atom is 0.241 e. The van der Waals surface area contributed by atoms with Crippen LogP contribution in [0.2, 0.25) is 0 Å². The number of rotatable bonds is 6. The Morgan fingerprint density at radius 1 is 1.19 bits per heavy atom. The summed E-state index contributed by atoms with van der Waals surface area (Å²) in [6, 6.07) is 13.2. The van der Waals surface area contributed by atoms with E-state index in [1.165, 1.54) is 6.07 Å². The summed E-state index contributed by atoms with van der Waals surface area (Å²) in [6.45, 7) is 3.40. The molecule has 4 rings (SSSR count). The second-order valence-electron chi connectivity index (χ2n) is 8.76. The molecule has 7 nitrogen and oxygen atoms in total.